The van der Waals surface area contributed by atoms with Crippen LogP contribution in [0.25, 0.3) is 29.1 Å². The summed E-state index contributed by atoms with van der Waals surface area (Å²) in [6.45, 7) is 52.1. The number of hydrogen-bond donors (Lipinski definition) is 1. The Hall–Kier alpha value is -9.04. The molecule has 1 radical (unpaired) electrons. The van der Waals surface area contributed by atoms with Crippen molar-refractivity contribution in [3.63, 3.8) is 0 Å². The molecule has 80 heavy (non-hydrogen) atoms. The summed E-state index contributed by atoms with van der Waals surface area (Å²) in [6.07, 6.45) is 7.00. The second kappa shape index (κ2) is 49.5. The molecule has 0 saturated carbocycles. The summed E-state index contributed by atoms with van der Waals surface area (Å²) in [5.74, 6) is -1.14. The smallest absolute Gasteiger partial charge is 0.329 e. The molecule has 1 N–H and O–H groups in total. The van der Waals surface area contributed by atoms with Crippen molar-refractivity contribution in [1.29, 1.82) is 0 Å². The molecule has 25 nitrogen and oxygen atoms in total. The van der Waals surface area contributed by atoms with Crippen molar-refractivity contribution in [3.8, 4) is 0 Å². The van der Waals surface area contributed by atoms with Gasteiger partial charge >= 0.3 is 29.2 Å². The Morgan fingerprint density at radius 1 is 0.600 bits per heavy atom. The summed E-state index contributed by atoms with van der Waals surface area (Å²) < 4.78 is 5.09. The molecule has 1 atom stereocenters. The molecule has 0 bridgehead atoms. The minimum atomic E-state index is -0.321. The summed E-state index contributed by atoms with van der Waals surface area (Å²) in [6, 6.07) is 14.7. The van der Waals surface area contributed by atoms with E-state index in [-0.39, 0.29) is 58.6 Å². The van der Waals surface area contributed by atoms with Gasteiger partial charge in [-0.15, -0.1) is 0 Å². The summed E-state index contributed by atoms with van der Waals surface area (Å²) in [5.41, 5.74) is 1.13. The van der Waals surface area contributed by atoms with E-state index in [4.69, 9.17) is 54.0 Å². The first-order valence-corrected chi connectivity index (χ1v) is 25.1. The maximum absolute atomic E-state index is 11.5. The minimum Gasteiger partial charge on any atom is -0.455 e. The van der Waals surface area contributed by atoms with Gasteiger partial charge in [0, 0.05) is 64.1 Å². The molecule has 5 rings (SSSR count). The summed E-state index contributed by atoms with van der Waals surface area (Å²) in [5, 5.41) is 7.44. The highest BCUT2D eigenvalue weighted by atomic mass is 31.0. The van der Waals surface area contributed by atoms with E-state index in [0.717, 1.165) is 59.3 Å². The molecule has 1 aromatic heterocycles. The van der Waals surface area contributed by atoms with Crippen LogP contribution in [0.2, 0.25) is 6.82 Å². The third-order valence-electron chi connectivity index (χ3n) is 10.2. The van der Waals surface area contributed by atoms with Crippen LogP contribution in [0.3, 0.4) is 0 Å². The fourth-order valence-corrected chi connectivity index (χ4v) is 6.27. The summed E-state index contributed by atoms with van der Waals surface area (Å²) in [7, 11) is 11.8. The molecule has 3 saturated heterocycles. The molecule has 4 amide bonds. The van der Waals surface area contributed by atoms with Crippen LogP contribution in [0.15, 0.2) is 84.7 Å². The maximum atomic E-state index is 11.5. The van der Waals surface area contributed by atoms with E-state index in [1.54, 1.807) is 76.1 Å². The van der Waals surface area contributed by atoms with Crippen molar-refractivity contribution < 1.29 is 38.5 Å². The fourth-order valence-electron chi connectivity index (χ4n) is 6.27. The number of morpholine rings is 1. The van der Waals surface area contributed by atoms with E-state index in [2.05, 4.69) is 64.0 Å². The normalized spacial score (nSPS) is 13.7. The van der Waals surface area contributed by atoms with E-state index in [1.165, 1.54) is 41.7 Å². The lowest BCUT2D eigenvalue weighted by molar-refractivity contribution is -0.128. The van der Waals surface area contributed by atoms with E-state index >= 15 is 0 Å². The van der Waals surface area contributed by atoms with Crippen LogP contribution >= 0.6 is 9.24 Å². The second-order valence-electron chi connectivity index (χ2n) is 15.0. The molecule has 2 aromatic rings. The molecule has 423 valence electrons. The van der Waals surface area contributed by atoms with Gasteiger partial charge in [0.1, 0.15) is 48.3 Å². The van der Waals surface area contributed by atoms with Crippen molar-refractivity contribution in [2.45, 2.75) is 52.8 Å². The van der Waals surface area contributed by atoms with Gasteiger partial charge in [-0.2, -0.15) is 30.0 Å². The molecule has 3 fully saturated rings. The predicted molar refractivity (Wildman–Crippen MR) is 316 cm³/mol. The lowest BCUT2D eigenvalue weighted by Gasteiger charge is -2.26. The quantitative estimate of drug-likeness (QED) is 0.0804. The average molecular weight is 1120 g/mol. The Kier molecular flexibility index (Phi) is 46.6. The van der Waals surface area contributed by atoms with Gasteiger partial charge in [0.2, 0.25) is 5.78 Å². The number of aromatic nitrogens is 1. The molecular weight excluding hydrogens is 1040 g/mol. The van der Waals surface area contributed by atoms with Crippen LogP contribution in [0.1, 0.15) is 62.0 Å². The Bertz CT molecular complexity index is 2580. The topological polar surface area (TPSA) is 258 Å². The molecule has 27 heteroatoms. The number of rotatable bonds is 5. The first kappa shape index (κ1) is 75.2. The number of ether oxygens (including phenoxy) is 1. The van der Waals surface area contributed by atoms with Crippen LogP contribution in [0.4, 0.5) is 0 Å². The summed E-state index contributed by atoms with van der Waals surface area (Å²) >= 11 is 0. The van der Waals surface area contributed by atoms with Gasteiger partial charge in [-0.25, -0.2) is 0 Å². The van der Waals surface area contributed by atoms with Crippen molar-refractivity contribution in [3.05, 3.63) is 134 Å². The monoisotopic (exact) mass is 1110 g/mol. The van der Waals surface area contributed by atoms with Gasteiger partial charge in [0.25, 0.3) is 36.9 Å². The molecule has 1 aromatic carbocycles. The highest BCUT2D eigenvalue weighted by Gasteiger charge is 2.23. The zero-order valence-electron chi connectivity index (χ0n) is 46.9. The number of ketones is 1. The Balaban J connectivity index is -0.000000871. The number of likely N-dealkylation sites (N-methyl/N-ethyl adjacent to an activating group) is 1. The Labute approximate surface area is 473 Å². The number of aliphatic imine (C=N–C) groups is 6. The van der Waals surface area contributed by atoms with Gasteiger partial charge in [-0.1, -0.05) is 91.9 Å². The highest BCUT2D eigenvalue weighted by molar-refractivity contribution is 7.36. The minimum absolute atomic E-state index is 0.00176. The highest BCUT2D eigenvalue weighted by Crippen LogP contribution is 2.10. The third-order valence-corrected chi connectivity index (χ3v) is 10.2. The number of pyridine rings is 1. The number of carbonyl (C=O) groups excluding carboxylic acids is 6. The molecule has 0 spiro atoms. The largest absolute Gasteiger partial charge is 0.455 e. The van der Waals surface area contributed by atoms with Crippen molar-refractivity contribution in [1.82, 2.24) is 24.6 Å². The Morgan fingerprint density at radius 3 is 1.27 bits per heavy atom. The fraction of sp³-hybridized carbons (Fsp3) is 0.453. The maximum Gasteiger partial charge on any atom is 0.329 e. The van der Waals surface area contributed by atoms with E-state index < -0.39 is 0 Å². The van der Waals surface area contributed by atoms with Crippen molar-refractivity contribution >= 4 is 87.2 Å². The van der Waals surface area contributed by atoms with Crippen LogP contribution in [0, 0.1) is 39.4 Å². The SMILES string of the molecule is C[B]O.O=CP.[C-]#[N+]C(=NC)C(=O)N(CC)CC.[C-]#[N+]C(=NC)C(=O)N1CCCC1.[C-]#[N+]C(=NC)C(=O)N1CCCCC1.[C-]#[N+]C(=NC)C(=O)N1CCOCC1.[C-]#[N+]C(=NC)C(=O)c1ccccc1.[C-]#[N+]C(=NC)c1ccccn1. The second-order valence-corrected chi connectivity index (χ2v) is 15.3. The first-order chi connectivity index (χ1) is 38.6. The van der Waals surface area contributed by atoms with E-state index in [0.29, 0.717) is 62.5 Å². The van der Waals surface area contributed by atoms with Gasteiger partial charge in [-0.05, 0) is 58.1 Å². The van der Waals surface area contributed by atoms with Crippen molar-refractivity contribution in [2.75, 3.05) is 108 Å². The number of benzene rings is 1. The summed E-state index contributed by atoms with van der Waals surface area (Å²) in [4.78, 5) is 117. The number of Topliss-reactive ketones (excluding diaryl/α,β-unsaturated/α-hetero) is 1. The van der Waals surface area contributed by atoms with Gasteiger partial charge in [0.05, 0.1) is 18.9 Å². The third kappa shape index (κ3) is 30.6. The molecule has 3 aliphatic heterocycles. The van der Waals surface area contributed by atoms with Gasteiger partial charge in [-0.3, -0.25) is 29.0 Å². The molecule has 0 aliphatic carbocycles. The van der Waals surface area contributed by atoms with Crippen LogP contribution < -0.4 is 0 Å². The number of hydrogen-bond acceptors (Lipinski definition) is 15. The number of likely N-dealkylation sites (tertiary alicyclic amines) is 2. The van der Waals surface area contributed by atoms with Gasteiger partial charge < -0.3 is 63.2 Å². The predicted octanol–water partition coefficient (Wildman–Crippen LogP) is 4.99. The van der Waals surface area contributed by atoms with Crippen LogP contribution in [0.5, 0.6) is 0 Å². The zero-order valence-corrected chi connectivity index (χ0v) is 48.1. The van der Waals surface area contributed by atoms with E-state index in [1.807, 2.05) is 35.2 Å². The number of amides is 4. The molecular formula is C53H70BN17O8P. The lowest BCUT2D eigenvalue weighted by atomic mass is 10.1. The van der Waals surface area contributed by atoms with Gasteiger partial charge in [0.15, 0.2) is 0 Å². The zero-order chi connectivity index (χ0) is 61.1. The standard InChI is InChI=1S/C10H8N2O.C9H13N3O.C8H11N3O2.C8H11N3O.C8H13N3O.C8H7N3.CH4BO.CH3OP/c1-11-10(12-2)9(13)8-6-4-3-5-7-8;1-10-8(11-2)9(13)12-6-4-3-5-7-12;1-9-7(10-2)8(12)11-3-5-13-6-4-11;1-9-7(10-2)8(12)11-5-3-4-6-11;1-5-11(6-2)8(12)7(9-3)10-4;1-9-8(10-2)7-5-3-4-6-11-7;1-2-3;2-1-3/h3-7H,1H3;3-7H2,1H3;3-6H2,1H3;3-6H2,1H3;5-6H2,1-3H3;3-6H,1H3;3H,1H3;1H,3H2. The van der Waals surface area contributed by atoms with Crippen LogP contribution in [-0.4, -0.2) is 215 Å². The first-order valence-electron chi connectivity index (χ1n) is 24.5. The average Bonchev–Trinajstić information content (AvgIpc) is 4.05. The molecule has 3 aliphatic rings. The molecule has 4 heterocycles. The number of carbonyl (C=O) groups is 6. The Morgan fingerprint density at radius 2 is 0.963 bits per heavy atom. The lowest BCUT2D eigenvalue weighted by Crippen LogP contribution is -2.43. The number of piperidine rings is 1. The van der Waals surface area contributed by atoms with Crippen molar-refractivity contribution in [2.24, 2.45) is 30.0 Å². The van der Waals surface area contributed by atoms with Crippen LogP contribution in [-0.2, 0) is 28.7 Å². The number of amidine groups is 6. The number of nitrogens with zero attached hydrogens (tertiary/aromatic N) is 17. The van der Waals surface area contributed by atoms with E-state index in [9.17, 15) is 24.0 Å². The molecule has 1 unspecified atom stereocenters.